The van der Waals surface area contributed by atoms with Crippen molar-refractivity contribution in [3.05, 3.63) is 35.8 Å². The van der Waals surface area contributed by atoms with E-state index in [1.807, 2.05) is 23.1 Å². The molecule has 0 spiro atoms. The average molecular weight is 358 g/mol. The molecule has 1 N–H and O–H groups in total. The van der Waals surface area contributed by atoms with Crippen LogP contribution >= 0.6 is 0 Å². The van der Waals surface area contributed by atoms with Crippen molar-refractivity contribution in [2.45, 2.75) is 19.3 Å². The van der Waals surface area contributed by atoms with Gasteiger partial charge in [-0.25, -0.2) is 9.37 Å². The Hall–Kier alpha value is -2.57. The summed E-state index contributed by atoms with van der Waals surface area (Å²) in [6, 6.07) is 5.91. The normalized spacial score (nSPS) is 19.0. The molecule has 0 amide bonds. The maximum Gasteiger partial charge on any atom is 0.224 e. The Balaban J connectivity index is 1.39. The molecule has 6 nitrogen and oxygen atoms in total. The summed E-state index contributed by atoms with van der Waals surface area (Å²) in [5.41, 5.74) is 1.17. The van der Waals surface area contributed by atoms with Gasteiger partial charge in [-0.1, -0.05) is 6.07 Å². The van der Waals surface area contributed by atoms with Gasteiger partial charge in [0.25, 0.3) is 0 Å². The number of nitrogens with one attached hydrogen (secondary N) is 1. The van der Waals surface area contributed by atoms with Gasteiger partial charge in [0.2, 0.25) is 5.95 Å². The van der Waals surface area contributed by atoms with E-state index >= 15 is 0 Å². The van der Waals surface area contributed by atoms with Crippen molar-refractivity contribution in [3.8, 4) is 11.5 Å². The molecule has 2 aliphatic rings. The number of hydrogen-bond acceptors (Lipinski definition) is 6. The molecule has 7 heteroatoms. The van der Waals surface area contributed by atoms with Crippen molar-refractivity contribution in [2.75, 3.05) is 43.6 Å². The van der Waals surface area contributed by atoms with E-state index in [9.17, 15) is 4.39 Å². The first-order valence-corrected chi connectivity index (χ1v) is 9.04. The summed E-state index contributed by atoms with van der Waals surface area (Å²) in [4.78, 5) is 10.4. The second kappa shape index (κ2) is 7.35. The zero-order valence-electron chi connectivity index (χ0n) is 14.9. The van der Waals surface area contributed by atoms with E-state index in [2.05, 4.69) is 15.3 Å². The molecule has 4 rings (SSSR count). The molecule has 2 aliphatic heterocycles. The van der Waals surface area contributed by atoms with Gasteiger partial charge >= 0.3 is 0 Å². The van der Waals surface area contributed by atoms with Gasteiger partial charge in [0, 0.05) is 31.6 Å². The van der Waals surface area contributed by atoms with E-state index in [4.69, 9.17) is 9.47 Å². The van der Waals surface area contributed by atoms with E-state index < -0.39 is 0 Å². The highest BCUT2D eigenvalue weighted by atomic mass is 19.1. The molecule has 1 aromatic heterocycles. The van der Waals surface area contributed by atoms with E-state index in [0.29, 0.717) is 30.8 Å². The van der Waals surface area contributed by atoms with Crippen molar-refractivity contribution in [2.24, 2.45) is 5.92 Å². The number of aromatic nitrogens is 2. The summed E-state index contributed by atoms with van der Waals surface area (Å²) in [5.74, 6) is 2.50. The monoisotopic (exact) mass is 358 g/mol. The number of nitrogens with zero attached hydrogens (tertiary/aromatic N) is 3. The lowest BCUT2D eigenvalue weighted by molar-refractivity contribution is 0.228. The number of halogens is 1. The lowest BCUT2D eigenvalue weighted by Gasteiger charge is -2.26. The van der Waals surface area contributed by atoms with Crippen molar-refractivity contribution in [3.63, 3.8) is 0 Å². The van der Waals surface area contributed by atoms with Gasteiger partial charge in [0.1, 0.15) is 11.5 Å². The van der Waals surface area contributed by atoms with Crippen molar-refractivity contribution in [1.82, 2.24) is 9.97 Å². The predicted octanol–water partition coefficient (Wildman–Crippen LogP) is 2.89. The van der Waals surface area contributed by atoms with Gasteiger partial charge in [-0.2, -0.15) is 4.98 Å². The van der Waals surface area contributed by atoms with Crippen LogP contribution in [0.25, 0.3) is 0 Å². The Morgan fingerprint density at radius 1 is 1.35 bits per heavy atom. The number of fused-ring (bicyclic) bond motifs is 1. The third kappa shape index (κ3) is 3.52. The Morgan fingerprint density at radius 3 is 3.00 bits per heavy atom. The van der Waals surface area contributed by atoms with Crippen LogP contribution in [0.4, 0.5) is 16.2 Å². The van der Waals surface area contributed by atoms with Gasteiger partial charge in [0.05, 0.1) is 19.9 Å². The first-order valence-electron chi connectivity index (χ1n) is 9.04. The molecule has 1 atom stereocenters. The Kier molecular flexibility index (Phi) is 4.77. The van der Waals surface area contributed by atoms with Gasteiger partial charge in [0.15, 0.2) is 11.6 Å². The summed E-state index contributed by atoms with van der Waals surface area (Å²) >= 11 is 0. The third-order valence-electron chi connectivity index (χ3n) is 4.94. The average Bonchev–Trinajstić information content (AvgIpc) is 3.21. The molecule has 0 unspecified atom stereocenters. The molecule has 0 bridgehead atoms. The number of hydrogen-bond donors (Lipinski definition) is 1. The Bertz CT molecular complexity index is 780. The lowest BCUT2D eigenvalue weighted by Crippen LogP contribution is -2.28. The summed E-state index contributed by atoms with van der Waals surface area (Å²) < 4.78 is 25.1. The number of benzene rings is 1. The molecule has 0 aliphatic carbocycles. The molecule has 138 valence electrons. The highest BCUT2D eigenvalue weighted by molar-refractivity contribution is 5.45. The highest BCUT2D eigenvalue weighted by Gasteiger charge is 2.22. The van der Waals surface area contributed by atoms with Crippen LogP contribution in [0.2, 0.25) is 0 Å². The van der Waals surface area contributed by atoms with Crippen LogP contribution in [0.5, 0.6) is 11.5 Å². The highest BCUT2D eigenvalue weighted by Crippen LogP contribution is 2.31. The summed E-state index contributed by atoms with van der Waals surface area (Å²) in [6.45, 7) is 3.00. The molecule has 2 aromatic rings. The second-order valence-corrected chi connectivity index (χ2v) is 6.80. The number of ether oxygens (including phenoxy) is 2. The van der Waals surface area contributed by atoms with Crippen LogP contribution < -0.4 is 19.7 Å². The molecule has 1 aromatic carbocycles. The number of anilines is 2. The fraction of sp³-hybridized carbons (Fsp3) is 0.474. The molecular weight excluding hydrogens is 335 g/mol. The first kappa shape index (κ1) is 16.9. The van der Waals surface area contributed by atoms with Crippen LogP contribution in [-0.4, -0.2) is 43.3 Å². The minimum Gasteiger partial charge on any atom is -0.497 e. The van der Waals surface area contributed by atoms with Gasteiger partial charge in [-0.15, -0.1) is 0 Å². The standard InChI is InChI=1S/C19H23FN4O2/c1-25-15-5-4-14-8-13(12-26-17(14)9-15)10-21-19-22-11-16(20)18(23-19)24-6-2-3-7-24/h4-5,9,11,13H,2-3,6-8,10,12H2,1H3,(H,21,22,23)/t13-/m1/s1. The Labute approximate surface area is 152 Å². The van der Waals surface area contributed by atoms with Crippen molar-refractivity contribution >= 4 is 11.8 Å². The second-order valence-electron chi connectivity index (χ2n) is 6.80. The van der Waals surface area contributed by atoms with Gasteiger partial charge < -0.3 is 19.7 Å². The molecular formula is C19H23FN4O2. The minimum atomic E-state index is -0.360. The quantitative estimate of drug-likeness (QED) is 0.887. The summed E-state index contributed by atoms with van der Waals surface area (Å²) in [6.07, 6.45) is 4.32. The molecule has 3 heterocycles. The third-order valence-corrected chi connectivity index (χ3v) is 4.94. The zero-order valence-corrected chi connectivity index (χ0v) is 14.9. The first-order chi connectivity index (χ1) is 12.7. The topological polar surface area (TPSA) is 59.5 Å². The summed E-state index contributed by atoms with van der Waals surface area (Å²) in [7, 11) is 1.65. The number of methoxy groups -OCH3 is 1. The van der Waals surface area contributed by atoms with Crippen molar-refractivity contribution < 1.29 is 13.9 Å². The van der Waals surface area contributed by atoms with E-state index in [1.165, 1.54) is 11.8 Å². The fourth-order valence-electron chi connectivity index (χ4n) is 3.50. The molecule has 26 heavy (non-hydrogen) atoms. The van der Waals surface area contributed by atoms with Crippen LogP contribution in [0.3, 0.4) is 0 Å². The van der Waals surface area contributed by atoms with Crippen molar-refractivity contribution in [1.29, 1.82) is 0 Å². The number of rotatable bonds is 5. The zero-order chi connectivity index (χ0) is 17.9. The van der Waals surface area contributed by atoms with Crippen LogP contribution in [0.1, 0.15) is 18.4 Å². The smallest absolute Gasteiger partial charge is 0.224 e. The lowest BCUT2D eigenvalue weighted by atomic mass is 9.96. The minimum absolute atomic E-state index is 0.305. The molecule has 1 saturated heterocycles. The van der Waals surface area contributed by atoms with E-state index in [0.717, 1.165) is 43.9 Å². The Morgan fingerprint density at radius 2 is 2.19 bits per heavy atom. The summed E-state index contributed by atoms with van der Waals surface area (Å²) in [5, 5.41) is 3.24. The van der Waals surface area contributed by atoms with Gasteiger partial charge in [-0.3, -0.25) is 0 Å². The van der Waals surface area contributed by atoms with Crippen LogP contribution in [0.15, 0.2) is 24.4 Å². The van der Waals surface area contributed by atoms with Crippen LogP contribution in [0, 0.1) is 11.7 Å². The van der Waals surface area contributed by atoms with Gasteiger partial charge in [-0.05, 0) is 30.9 Å². The largest absolute Gasteiger partial charge is 0.497 e. The van der Waals surface area contributed by atoms with E-state index in [1.54, 1.807) is 7.11 Å². The predicted molar refractivity (Wildman–Crippen MR) is 97.6 cm³/mol. The molecule has 1 fully saturated rings. The fourth-order valence-corrected chi connectivity index (χ4v) is 3.50. The SMILES string of the molecule is COc1ccc2c(c1)OC[C@@H](CNc1ncc(F)c(N3CCCC3)n1)C2. The maximum atomic E-state index is 14.0. The molecule has 0 radical (unpaired) electrons. The van der Waals surface area contributed by atoms with E-state index in [-0.39, 0.29) is 5.82 Å². The van der Waals surface area contributed by atoms with Crippen LogP contribution in [-0.2, 0) is 6.42 Å². The molecule has 0 saturated carbocycles. The maximum absolute atomic E-state index is 14.0.